The third-order valence-electron chi connectivity index (χ3n) is 2.14. The zero-order valence-corrected chi connectivity index (χ0v) is 8.20. The van der Waals surface area contributed by atoms with Gasteiger partial charge in [-0.15, -0.1) is 0 Å². The summed E-state index contributed by atoms with van der Waals surface area (Å²) in [5.74, 6) is -0.469. The number of rotatable bonds is 4. The molecule has 0 aliphatic heterocycles. The summed E-state index contributed by atoms with van der Waals surface area (Å²) < 4.78 is 13.1. The fourth-order valence-corrected chi connectivity index (χ4v) is 1.18. The molecule has 0 amide bonds. The van der Waals surface area contributed by atoms with E-state index in [1.165, 1.54) is 12.3 Å². The normalized spacial score (nSPS) is 12.5. The molecule has 0 spiro atoms. The number of hydrogen-bond donors (Lipinski definition) is 1. The van der Waals surface area contributed by atoms with Crippen molar-refractivity contribution in [3.05, 3.63) is 42.0 Å². The first-order valence-electron chi connectivity index (χ1n) is 4.59. The topological polar surface area (TPSA) is 33.1 Å². The predicted octanol–water partition coefficient (Wildman–Crippen LogP) is 2.61. The second kappa shape index (κ2) is 4.86. The summed E-state index contributed by atoms with van der Waals surface area (Å²) in [5, 5.41) is 9.67. The minimum Gasteiger partial charge on any atom is -0.388 e. The molecule has 1 N–H and O–H groups in total. The van der Waals surface area contributed by atoms with E-state index >= 15 is 0 Å². The Labute approximate surface area is 83.1 Å². The Morgan fingerprint density at radius 2 is 2.43 bits per heavy atom. The first kappa shape index (κ1) is 10.9. The molecule has 1 heterocycles. The van der Waals surface area contributed by atoms with Gasteiger partial charge in [0.1, 0.15) is 5.82 Å². The molecule has 0 radical (unpaired) electrons. The average Bonchev–Trinajstić information content (AvgIpc) is 2.18. The van der Waals surface area contributed by atoms with Crippen LogP contribution < -0.4 is 0 Å². The molecule has 14 heavy (non-hydrogen) atoms. The second-order valence-electron chi connectivity index (χ2n) is 3.22. The van der Waals surface area contributed by atoms with Gasteiger partial charge in [0.25, 0.3) is 0 Å². The molecule has 2 nitrogen and oxygen atoms in total. The highest BCUT2D eigenvalue weighted by atomic mass is 19.1. The Kier molecular flexibility index (Phi) is 3.77. The molecule has 0 aromatic carbocycles. The first-order valence-corrected chi connectivity index (χ1v) is 4.59. The fraction of sp³-hybridized carbons (Fsp3) is 0.364. The lowest BCUT2D eigenvalue weighted by molar-refractivity contribution is 0.172. The first-order chi connectivity index (χ1) is 6.65. The standard InChI is InChI=1S/C11H14FNO/c1-3-8(2)6-11(14)9-4-5-13-7-10(9)12/h4-5,7,11,14H,2-3,6H2,1H3. The van der Waals surface area contributed by atoms with Gasteiger partial charge < -0.3 is 5.11 Å². The molecule has 0 saturated carbocycles. The van der Waals surface area contributed by atoms with Crippen molar-refractivity contribution in [2.24, 2.45) is 0 Å². The van der Waals surface area contributed by atoms with Crippen molar-refractivity contribution < 1.29 is 9.50 Å². The average molecular weight is 195 g/mol. The van der Waals surface area contributed by atoms with Crippen LogP contribution in [0.3, 0.4) is 0 Å². The van der Waals surface area contributed by atoms with E-state index in [2.05, 4.69) is 11.6 Å². The van der Waals surface area contributed by atoms with Crippen LogP contribution in [0.2, 0.25) is 0 Å². The van der Waals surface area contributed by atoms with Gasteiger partial charge in [-0.25, -0.2) is 4.39 Å². The molecule has 76 valence electrons. The highest BCUT2D eigenvalue weighted by Gasteiger charge is 2.12. The SMILES string of the molecule is C=C(CC)CC(O)c1ccncc1F. The molecule has 0 aliphatic carbocycles. The summed E-state index contributed by atoms with van der Waals surface area (Å²) in [5.41, 5.74) is 1.20. The van der Waals surface area contributed by atoms with Crippen LogP contribution in [0.15, 0.2) is 30.6 Å². The third-order valence-corrected chi connectivity index (χ3v) is 2.14. The van der Waals surface area contributed by atoms with Crippen molar-refractivity contribution in [1.82, 2.24) is 4.98 Å². The van der Waals surface area contributed by atoms with Crippen molar-refractivity contribution in [3.8, 4) is 0 Å². The van der Waals surface area contributed by atoms with Gasteiger partial charge in [0.05, 0.1) is 12.3 Å². The van der Waals surface area contributed by atoms with E-state index < -0.39 is 11.9 Å². The Balaban J connectivity index is 2.74. The van der Waals surface area contributed by atoms with Crippen LogP contribution in [0.4, 0.5) is 4.39 Å². The monoisotopic (exact) mass is 195 g/mol. The summed E-state index contributed by atoms with van der Waals surface area (Å²) in [6.45, 7) is 5.73. The lowest BCUT2D eigenvalue weighted by atomic mass is 10.0. The second-order valence-corrected chi connectivity index (χ2v) is 3.22. The van der Waals surface area contributed by atoms with Gasteiger partial charge in [0.2, 0.25) is 0 Å². The summed E-state index contributed by atoms with van der Waals surface area (Å²) in [6.07, 6.45) is 2.95. The van der Waals surface area contributed by atoms with Crippen LogP contribution in [0.25, 0.3) is 0 Å². The minimum atomic E-state index is -0.814. The van der Waals surface area contributed by atoms with E-state index in [1.807, 2.05) is 6.92 Å². The number of aromatic nitrogens is 1. The summed E-state index contributed by atoms with van der Waals surface area (Å²) in [7, 11) is 0. The van der Waals surface area contributed by atoms with E-state index in [1.54, 1.807) is 0 Å². The van der Waals surface area contributed by atoms with Crippen molar-refractivity contribution in [2.45, 2.75) is 25.9 Å². The van der Waals surface area contributed by atoms with Crippen LogP contribution in [0, 0.1) is 5.82 Å². The summed E-state index contributed by atoms with van der Waals surface area (Å²) >= 11 is 0. The molecule has 0 bridgehead atoms. The number of hydrogen-bond acceptors (Lipinski definition) is 2. The molecule has 3 heteroatoms. The Bertz CT molecular complexity index is 325. The highest BCUT2D eigenvalue weighted by molar-refractivity contribution is 5.17. The largest absolute Gasteiger partial charge is 0.388 e. The smallest absolute Gasteiger partial charge is 0.147 e. The number of aliphatic hydroxyl groups excluding tert-OH is 1. The Morgan fingerprint density at radius 1 is 1.71 bits per heavy atom. The zero-order chi connectivity index (χ0) is 10.6. The van der Waals surface area contributed by atoms with Crippen molar-refractivity contribution >= 4 is 0 Å². The number of pyridine rings is 1. The van der Waals surface area contributed by atoms with E-state index in [4.69, 9.17) is 0 Å². The van der Waals surface area contributed by atoms with Crippen LogP contribution in [-0.4, -0.2) is 10.1 Å². The Morgan fingerprint density at radius 3 is 3.00 bits per heavy atom. The number of halogens is 1. The maximum absolute atomic E-state index is 13.1. The van der Waals surface area contributed by atoms with Gasteiger partial charge in [-0.05, 0) is 18.9 Å². The molecule has 1 rings (SSSR count). The highest BCUT2D eigenvalue weighted by Crippen LogP contribution is 2.22. The number of aliphatic hydroxyl groups is 1. The van der Waals surface area contributed by atoms with Gasteiger partial charge in [0, 0.05) is 11.8 Å². The van der Waals surface area contributed by atoms with Crippen molar-refractivity contribution in [3.63, 3.8) is 0 Å². The quantitative estimate of drug-likeness (QED) is 0.749. The van der Waals surface area contributed by atoms with E-state index in [0.717, 1.165) is 18.2 Å². The van der Waals surface area contributed by atoms with E-state index in [-0.39, 0.29) is 5.56 Å². The minimum absolute atomic E-state index is 0.287. The maximum Gasteiger partial charge on any atom is 0.147 e. The van der Waals surface area contributed by atoms with Crippen molar-refractivity contribution in [1.29, 1.82) is 0 Å². The number of nitrogens with zero attached hydrogens (tertiary/aromatic N) is 1. The molecule has 1 atom stereocenters. The Hall–Kier alpha value is -1.22. The molecule has 1 aromatic rings. The van der Waals surface area contributed by atoms with Gasteiger partial charge >= 0.3 is 0 Å². The molecular weight excluding hydrogens is 181 g/mol. The van der Waals surface area contributed by atoms with Crippen LogP contribution >= 0.6 is 0 Å². The predicted molar refractivity (Wildman–Crippen MR) is 53.2 cm³/mol. The van der Waals surface area contributed by atoms with Gasteiger partial charge in [0.15, 0.2) is 0 Å². The zero-order valence-electron chi connectivity index (χ0n) is 8.20. The maximum atomic E-state index is 13.1. The summed E-state index contributed by atoms with van der Waals surface area (Å²) in [6, 6.07) is 1.49. The molecule has 1 aromatic heterocycles. The van der Waals surface area contributed by atoms with Crippen LogP contribution in [0.1, 0.15) is 31.4 Å². The van der Waals surface area contributed by atoms with Crippen LogP contribution in [-0.2, 0) is 0 Å². The van der Waals surface area contributed by atoms with Crippen LogP contribution in [0.5, 0.6) is 0 Å². The van der Waals surface area contributed by atoms with E-state index in [0.29, 0.717) is 6.42 Å². The third kappa shape index (κ3) is 2.64. The fourth-order valence-electron chi connectivity index (χ4n) is 1.18. The lowest BCUT2D eigenvalue weighted by Crippen LogP contribution is -2.02. The lowest BCUT2D eigenvalue weighted by Gasteiger charge is -2.12. The van der Waals surface area contributed by atoms with Crippen molar-refractivity contribution in [2.75, 3.05) is 0 Å². The molecule has 0 saturated heterocycles. The van der Waals surface area contributed by atoms with Gasteiger partial charge in [-0.2, -0.15) is 0 Å². The molecule has 0 fully saturated rings. The summed E-state index contributed by atoms with van der Waals surface area (Å²) in [4.78, 5) is 3.62. The molecule has 1 unspecified atom stereocenters. The molecular formula is C11H14FNO. The van der Waals surface area contributed by atoms with Gasteiger partial charge in [-0.1, -0.05) is 19.1 Å². The molecule has 0 aliphatic rings. The van der Waals surface area contributed by atoms with Gasteiger partial charge in [-0.3, -0.25) is 4.98 Å². The van der Waals surface area contributed by atoms with E-state index in [9.17, 15) is 9.50 Å².